The summed E-state index contributed by atoms with van der Waals surface area (Å²) in [4.78, 5) is 0. The minimum absolute atomic E-state index is 0.299. The fourth-order valence-corrected chi connectivity index (χ4v) is 0.836. The molecular formula is C7H15ClO. The molecule has 9 heavy (non-hydrogen) atoms. The van der Waals surface area contributed by atoms with E-state index in [1.807, 2.05) is 0 Å². The molecule has 1 atom stereocenters. The average molecular weight is 151 g/mol. The predicted octanol–water partition coefficient (Wildman–Crippen LogP) is 2.17. The Labute approximate surface area is 62.0 Å². The van der Waals surface area contributed by atoms with Gasteiger partial charge in [-0.05, 0) is 25.7 Å². The van der Waals surface area contributed by atoms with Crippen LogP contribution in [0.25, 0.3) is 0 Å². The molecule has 0 bridgehead atoms. The highest BCUT2D eigenvalue weighted by molar-refractivity contribution is 6.20. The highest BCUT2D eigenvalue weighted by Crippen LogP contribution is 2.09. The van der Waals surface area contributed by atoms with Crippen molar-refractivity contribution >= 4 is 11.6 Å². The summed E-state index contributed by atoms with van der Waals surface area (Å²) in [7, 11) is 0. The molecule has 0 saturated heterocycles. The maximum absolute atomic E-state index is 8.41. The van der Waals surface area contributed by atoms with Gasteiger partial charge in [0, 0.05) is 12.0 Å². The van der Waals surface area contributed by atoms with E-state index in [0.717, 1.165) is 25.7 Å². The summed E-state index contributed by atoms with van der Waals surface area (Å²) in [6.45, 7) is 2.38. The Kier molecular flexibility index (Phi) is 6.55. The SMILES string of the molecule is CCC(Cl)CCCCO. The number of aliphatic hydroxyl groups excluding tert-OH is 1. The van der Waals surface area contributed by atoms with Crippen LogP contribution in [0.15, 0.2) is 0 Å². The summed E-state index contributed by atoms with van der Waals surface area (Å²) in [5.74, 6) is 0. The third-order valence-electron chi connectivity index (χ3n) is 1.37. The van der Waals surface area contributed by atoms with Gasteiger partial charge in [0.15, 0.2) is 0 Å². The second-order valence-electron chi connectivity index (χ2n) is 2.22. The monoisotopic (exact) mass is 150 g/mol. The topological polar surface area (TPSA) is 20.2 Å². The van der Waals surface area contributed by atoms with Gasteiger partial charge in [0.05, 0.1) is 0 Å². The molecule has 0 aromatic carbocycles. The highest BCUT2D eigenvalue weighted by Gasteiger charge is 1.98. The zero-order chi connectivity index (χ0) is 7.11. The Morgan fingerprint density at radius 3 is 2.56 bits per heavy atom. The molecule has 0 aromatic heterocycles. The van der Waals surface area contributed by atoms with Crippen molar-refractivity contribution in [1.82, 2.24) is 0 Å². The van der Waals surface area contributed by atoms with E-state index < -0.39 is 0 Å². The molecule has 1 unspecified atom stereocenters. The molecule has 0 fully saturated rings. The average Bonchev–Trinajstić information content (AvgIpc) is 1.89. The number of rotatable bonds is 5. The van der Waals surface area contributed by atoms with Gasteiger partial charge in [-0.25, -0.2) is 0 Å². The molecule has 0 saturated carbocycles. The highest BCUT2D eigenvalue weighted by atomic mass is 35.5. The smallest absolute Gasteiger partial charge is 0.0431 e. The van der Waals surface area contributed by atoms with Crippen molar-refractivity contribution in [3.63, 3.8) is 0 Å². The van der Waals surface area contributed by atoms with E-state index in [9.17, 15) is 0 Å². The summed E-state index contributed by atoms with van der Waals surface area (Å²) < 4.78 is 0. The summed E-state index contributed by atoms with van der Waals surface area (Å²) >= 11 is 5.82. The van der Waals surface area contributed by atoms with Crippen molar-refractivity contribution in [2.45, 2.75) is 38.0 Å². The van der Waals surface area contributed by atoms with Gasteiger partial charge >= 0.3 is 0 Å². The Bertz CT molecular complexity index is 56.9. The van der Waals surface area contributed by atoms with Crippen molar-refractivity contribution in [2.75, 3.05) is 6.61 Å². The van der Waals surface area contributed by atoms with Gasteiger partial charge in [0.25, 0.3) is 0 Å². The lowest BCUT2D eigenvalue weighted by atomic mass is 10.1. The van der Waals surface area contributed by atoms with Crippen LogP contribution in [0, 0.1) is 0 Å². The summed E-state index contributed by atoms with van der Waals surface area (Å²) in [6.07, 6.45) is 4.02. The first-order valence-electron chi connectivity index (χ1n) is 3.56. The van der Waals surface area contributed by atoms with Crippen LogP contribution in [0.3, 0.4) is 0 Å². The molecule has 0 aliphatic carbocycles. The summed E-state index contributed by atoms with van der Waals surface area (Å²) in [5.41, 5.74) is 0. The van der Waals surface area contributed by atoms with Crippen LogP contribution in [0.1, 0.15) is 32.6 Å². The van der Waals surface area contributed by atoms with Crippen molar-refractivity contribution in [3.05, 3.63) is 0 Å². The van der Waals surface area contributed by atoms with Crippen molar-refractivity contribution < 1.29 is 5.11 Å². The van der Waals surface area contributed by atoms with Gasteiger partial charge in [-0.15, -0.1) is 11.6 Å². The number of unbranched alkanes of at least 4 members (excludes halogenated alkanes) is 1. The first-order valence-corrected chi connectivity index (χ1v) is 3.99. The molecule has 0 heterocycles. The van der Waals surface area contributed by atoms with Gasteiger partial charge in [-0.2, -0.15) is 0 Å². The van der Waals surface area contributed by atoms with Crippen LogP contribution >= 0.6 is 11.6 Å². The van der Waals surface area contributed by atoms with E-state index in [1.165, 1.54) is 0 Å². The van der Waals surface area contributed by atoms with Crippen molar-refractivity contribution in [3.8, 4) is 0 Å². The molecular weight excluding hydrogens is 136 g/mol. The Morgan fingerprint density at radius 1 is 1.44 bits per heavy atom. The minimum atomic E-state index is 0.299. The third-order valence-corrected chi connectivity index (χ3v) is 1.90. The quantitative estimate of drug-likeness (QED) is 0.471. The number of halogens is 1. The Morgan fingerprint density at radius 2 is 2.11 bits per heavy atom. The molecule has 0 spiro atoms. The number of hydrogen-bond acceptors (Lipinski definition) is 1. The number of alkyl halides is 1. The lowest BCUT2D eigenvalue weighted by molar-refractivity contribution is 0.282. The van der Waals surface area contributed by atoms with Crippen LogP contribution < -0.4 is 0 Å². The van der Waals surface area contributed by atoms with Gasteiger partial charge in [0.2, 0.25) is 0 Å². The molecule has 56 valence electrons. The molecule has 1 nitrogen and oxygen atoms in total. The lowest BCUT2D eigenvalue weighted by Crippen LogP contribution is -1.95. The zero-order valence-corrected chi connectivity index (χ0v) is 6.69. The fraction of sp³-hybridized carbons (Fsp3) is 1.00. The first kappa shape index (κ1) is 9.25. The largest absolute Gasteiger partial charge is 0.396 e. The van der Waals surface area contributed by atoms with Crippen LogP contribution in [0.4, 0.5) is 0 Å². The standard InChI is InChI=1S/C7H15ClO/c1-2-7(8)5-3-4-6-9/h7,9H,2-6H2,1H3. The van der Waals surface area contributed by atoms with E-state index in [4.69, 9.17) is 16.7 Å². The molecule has 0 radical (unpaired) electrons. The van der Waals surface area contributed by atoms with Crippen molar-refractivity contribution in [1.29, 1.82) is 0 Å². The van der Waals surface area contributed by atoms with E-state index in [-0.39, 0.29) is 0 Å². The second-order valence-corrected chi connectivity index (χ2v) is 2.84. The van der Waals surface area contributed by atoms with E-state index in [1.54, 1.807) is 0 Å². The first-order chi connectivity index (χ1) is 4.31. The number of hydrogen-bond donors (Lipinski definition) is 1. The number of aliphatic hydroxyl groups is 1. The normalized spacial score (nSPS) is 13.7. The van der Waals surface area contributed by atoms with Crippen molar-refractivity contribution in [2.24, 2.45) is 0 Å². The van der Waals surface area contributed by atoms with E-state index in [2.05, 4.69) is 6.92 Å². The third kappa shape index (κ3) is 6.13. The maximum atomic E-state index is 8.41. The molecule has 2 heteroatoms. The molecule has 0 rings (SSSR count). The zero-order valence-electron chi connectivity index (χ0n) is 5.94. The minimum Gasteiger partial charge on any atom is -0.396 e. The summed E-state index contributed by atoms with van der Waals surface area (Å²) in [5, 5.41) is 8.73. The molecule has 0 aromatic rings. The Hall–Kier alpha value is 0.250. The predicted molar refractivity (Wildman–Crippen MR) is 40.9 cm³/mol. The van der Waals surface area contributed by atoms with Crippen LogP contribution in [0.2, 0.25) is 0 Å². The summed E-state index contributed by atoms with van der Waals surface area (Å²) in [6, 6.07) is 0. The van der Waals surface area contributed by atoms with Crippen LogP contribution in [-0.2, 0) is 0 Å². The lowest BCUT2D eigenvalue weighted by Gasteiger charge is -2.03. The van der Waals surface area contributed by atoms with Crippen LogP contribution in [-0.4, -0.2) is 17.1 Å². The van der Waals surface area contributed by atoms with Crippen LogP contribution in [0.5, 0.6) is 0 Å². The van der Waals surface area contributed by atoms with Gasteiger partial charge < -0.3 is 5.11 Å². The molecule has 0 amide bonds. The molecule has 0 aliphatic heterocycles. The van der Waals surface area contributed by atoms with Gasteiger partial charge in [-0.3, -0.25) is 0 Å². The van der Waals surface area contributed by atoms with E-state index >= 15 is 0 Å². The van der Waals surface area contributed by atoms with Gasteiger partial charge in [0.1, 0.15) is 0 Å². The molecule has 0 aliphatic rings. The molecule has 1 N–H and O–H groups in total. The van der Waals surface area contributed by atoms with Gasteiger partial charge in [-0.1, -0.05) is 6.92 Å². The Balaban J connectivity index is 2.88. The fourth-order valence-electron chi connectivity index (χ4n) is 0.682. The van der Waals surface area contributed by atoms with E-state index in [0.29, 0.717) is 12.0 Å². The maximum Gasteiger partial charge on any atom is 0.0431 e. The second kappa shape index (κ2) is 6.37.